The molecular formula is C19H23N3O6. The first-order valence-electron chi connectivity index (χ1n) is 8.70. The molecule has 1 unspecified atom stereocenters. The highest BCUT2D eigenvalue weighted by molar-refractivity contribution is 6.27. The highest BCUT2D eigenvalue weighted by Crippen LogP contribution is 2.22. The van der Waals surface area contributed by atoms with Crippen molar-refractivity contribution in [2.75, 3.05) is 24.6 Å². The van der Waals surface area contributed by atoms with Crippen molar-refractivity contribution in [2.45, 2.75) is 13.3 Å². The molecule has 3 rings (SSSR count). The van der Waals surface area contributed by atoms with Crippen LogP contribution in [0.25, 0.3) is 0 Å². The number of para-hydroxylation sites is 1. The molecular weight excluding hydrogens is 366 g/mol. The van der Waals surface area contributed by atoms with Gasteiger partial charge in [0, 0.05) is 38.4 Å². The average Bonchev–Trinajstić information content (AvgIpc) is 3.12. The quantitative estimate of drug-likeness (QED) is 0.747. The van der Waals surface area contributed by atoms with Gasteiger partial charge in [-0.15, -0.1) is 0 Å². The molecule has 150 valence electrons. The van der Waals surface area contributed by atoms with Gasteiger partial charge in [-0.3, -0.25) is 4.79 Å². The fourth-order valence-electron chi connectivity index (χ4n) is 2.79. The number of ether oxygens (including phenoxy) is 1. The van der Waals surface area contributed by atoms with E-state index in [0.29, 0.717) is 18.3 Å². The van der Waals surface area contributed by atoms with Crippen LogP contribution in [-0.4, -0.2) is 51.4 Å². The number of rotatable bonds is 4. The fourth-order valence-corrected chi connectivity index (χ4v) is 2.79. The summed E-state index contributed by atoms with van der Waals surface area (Å²) < 4.78 is 7.50. The number of hydrogen-bond donors (Lipinski definition) is 2. The summed E-state index contributed by atoms with van der Waals surface area (Å²) in [5.41, 5.74) is 1.11. The average molecular weight is 389 g/mol. The smallest absolute Gasteiger partial charge is 0.414 e. The highest BCUT2D eigenvalue weighted by Gasteiger charge is 2.26. The second-order valence-electron chi connectivity index (χ2n) is 6.45. The molecule has 1 aromatic carbocycles. The molecule has 1 fully saturated rings. The standard InChI is InChI=1S/C17H21N3O2.C2H2O4/c1-13-5-3-4-6-15(13)22-12-14-7-9-20(11-14)16-17(21)19(2)10-8-18-16;3-1(4)2(5)6/h3-6,8,10,14H,7,9,11-12H2,1-2H3;(H,3,4)(H,5,6). The van der Waals surface area contributed by atoms with Gasteiger partial charge in [0.2, 0.25) is 0 Å². The van der Waals surface area contributed by atoms with Crippen LogP contribution in [0.4, 0.5) is 5.82 Å². The van der Waals surface area contributed by atoms with Crippen LogP contribution in [-0.2, 0) is 16.6 Å². The summed E-state index contributed by atoms with van der Waals surface area (Å²) in [5.74, 6) is -1.74. The molecule has 0 radical (unpaired) electrons. The van der Waals surface area contributed by atoms with Gasteiger partial charge in [-0.2, -0.15) is 0 Å². The SMILES string of the molecule is Cc1ccccc1OCC1CCN(c2nccn(C)c2=O)C1.O=C(O)C(=O)O. The number of benzene rings is 1. The third kappa shape index (κ3) is 5.57. The number of aryl methyl sites for hydroxylation is 2. The van der Waals surface area contributed by atoms with Gasteiger partial charge < -0.3 is 24.4 Å². The molecule has 0 spiro atoms. The molecule has 1 aliphatic heterocycles. The molecule has 0 amide bonds. The Bertz CT molecular complexity index is 883. The summed E-state index contributed by atoms with van der Waals surface area (Å²) in [6.07, 6.45) is 4.38. The van der Waals surface area contributed by atoms with Crippen LogP contribution in [0.1, 0.15) is 12.0 Å². The summed E-state index contributed by atoms with van der Waals surface area (Å²) in [6.45, 7) is 4.40. The molecule has 1 saturated heterocycles. The molecule has 9 nitrogen and oxygen atoms in total. The first-order chi connectivity index (χ1) is 13.3. The molecule has 0 bridgehead atoms. The van der Waals surface area contributed by atoms with Gasteiger partial charge in [-0.1, -0.05) is 18.2 Å². The van der Waals surface area contributed by atoms with E-state index < -0.39 is 11.9 Å². The number of carbonyl (C=O) groups is 2. The van der Waals surface area contributed by atoms with E-state index in [9.17, 15) is 4.79 Å². The minimum Gasteiger partial charge on any atom is -0.493 e. The lowest BCUT2D eigenvalue weighted by molar-refractivity contribution is -0.159. The Balaban J connectivity index is 0.000000409. The van der Waals surface area contributed by atoms with Gasteiger partial charge in [0.25, 0.3) is 5.56 Å². The van der Waals surface area contributed by atoms with Crippen molar-refractivity contribution < 1.29 is 24.5 Å². The van der Waals surface area contributed by atoms with Crippen LogP contribution < -0.4 is 15.2 Å². The molecule has 0 saturated carbocycles. The van der Waals surface area contributed by atoms with Gasteiger partial charge in [0.1, 0.15) is 5.75 Å². The first-order valence-corrected chi connectivity index (χ1v) is 8.70. The van der Waals surface area contributed by atoms with E-state index in [1.165, 1.54) is 0 Å². The van der Waals surface area contributed by atoms with Crippen molar-refractivity contribution >= 4 is 17.8 Å². The molecule has 9 heteroatoms. The van der Waals surface area contributed by atoms with Crippen LogP contribution in [0.15, 0.2) is 41.5 Å². The number of carboxylic acid groups (broad SMARTS) is 2. The first kappa shape index (κ1) is 20.9. The molecule has 1 atom stereocenters. The van der Waals surface area contributed by atoms with Crippen molar-refractivity contribution in [1.82, 2.24) is 9.55 Å². The topological polar surface area (TPSA) is 122 Å². The van der Waals surface area contributed by atoms with Crippen LogP contribution in [0, 0.1) is 12.8 Å². The fraction of sp³-hybridized carbons (Fsp3) is 0.368. The summed E-state index contributed by atoms with van der Waals surface area (Å²) in [4.78, 5) is 36.6. The van der Waals surface area contributed by atoms with Crippen LogP contribution in [0.2, 0.25) is 0 Å². The second-order valence-corrected chi connectivity index (χ2v) is 6.45. The van der Waals surface area contributed by atoms with Crippen molar-refractivity contribution in [3.05, 3.63) is 52.6 Å². The predicted octanol–water partition coefficient (Wildman–Crippen LogP) is 1.15. The predicted molar refractivity (Wildman–Crippen MR) is 102 cm³/mol. The Morgan fingerprint density at radius 3 is 2.57 bits per heavy atom. The zero-order chi connectivity index (χ0) is 20.7. The third-order valence-corrected chi connectivity index (χ3v) is 4.34. The maximum atomic E-state index is 12.1. The Kier molecular flexibility index (Phi) is 7.14. The van der Waals surface area contributed by atoms with Gasteiger partial charge >= 0.3 is 11.9 Å². The molecule has 2 N–H and O–H groups in total. The third-order valence-electron chi connectivity index (χ3n) is 4.34. The zero-order valence-electron chi connectivity index (χ0n) is 15.7. The monoisotopic (exact) mass is 389 g/mol. The lowest BCUT2D eigenvalue weighted by atomic mass is 10.1. The van der Waals surface area contributed by atoms with Crippen molar-refractivity contribution in [1.29, 1.82) is 0 Å². The largest absolute Gasteiger partial charge is 0.493 e. The van der Waals surface area contributed by atoms with E-state index >= 15 is 0 Å². The highest BCUT2D eigenvalue weighted by atomic mass is 16.5. The summed E-state index contributed by atoms with van der Waals surface area (Å²) in [6, 6.07) is 8.04. The van der Waals surface area contributed by atoms with Crippen molar-refractivity contribution in [2.24, 2.45) is 13.0 Å². The Labute approximate surface area is 161 Å². The van der Waals surface area contributed by atoms with Gasteiger partial charge in [-0.25, -0.2) is 14.6 Å². The number of nitrogens with zero attached hydrogens (tertiary/aromatic N) is 3. The number of hydrogen-bond acceptors (Lipinski definition) is 6. The number of anilines is 1. The van der Waals surface area contributed by atoms with Gasteiger partial charge in [-0.05, 0) is 25.0 Å². The van der Waals surface area contributed by atoms with E-state index in [2.05, 4.69) is 9.88 Å². The summed E-state index contributed by atoms with van der Waals surface area (Å²) in [5, 5.41) is 14.8. The van der Waals surface area contributed by atoms with E-state index in [1.54, 1.807) is 24.0 Å². The number of aromatic nitrogens is 2. The van der Waals surface area contributed by atoms with Crippen LogP contribution >= 0.6 is 0 Å². The number of carboxylic acids is 2. The summed E-state index contributed by atoms with van der Waals surface area (Å²) in [7, 11) is 1.75. The van der Waals surface area contributed by atoms with Crippen molar-refractivity contribution in [3.8, 4) is 5.75 Å². The maximum Gasteiger partial charge on any atom is 0.414 e. The lowest BCUT2D eigenvalue weighted by Gasteiger charge is -2.17. The molecule has 2 heterocycles. The lowest BCUT2D eigenvalue weighted by Crippen LogP contribution is -2.31. The normalized spacial score (nSPS) is 15.5. The van der Waals surface area contributed by atoms with Crippen molar-refractivity contribution in [3.63, 3.8) is 0 Å². The second kappa shape index (κ2) is 9.54. The molecule has 0 aliphatic carbocycles. The number of aliphatic carboxylic acids is 2. The van der Waals surface area contributed by atoms with E-state index in [1.807, 2.05) is 31.2 Å². The minimum absolute atomic E-state index is 0.0389. The Morgan fingerprint density at radius 1 is 1.25 bits per heavy atom. The van der Waals surface area contributed by atoms with E-state index in [-0.39, 0.29) is 5.56 Å². The molecule has 1 aliphatic rings. The summed E-state index contributed by atoms with van der Waals surface area (Å²) >= 11 is 0. The zero-order valence-corrected chi connectivity index (χ0v) is 15.7. The molecule has 28 heavy (non-hydrogen) atoms. The molecule has 1 aromatic heterocycles. The minimum atomic E-state index is -1.82. The van der Waals surface area contributed by atoms with Gasteiger partial charge in [0.15, 0.2) is 5.82 Å². The van der Waals surface area contributed by atoms with Crippen LogP contribution in [0.3, 0.4) is 0 Å². The van der Waals surface area contributed by atoms with E-state index in [4.69, 9.17) is 24.5 Å². The Hall–Kier alpha value is -3.36. The van der Waals surface area contributed by atoms with Crippen LogP contribution in [0.5, 0.6) is 5.75 Å². The maximum absolute atomic E-state index is 12.1. The Morgan fingerprint density at radius 2 is 1.93 bits per heavy atom. The molecule has 2 aromatic rings. The van der Waals surface area contributed by atoms with E-state index in [0.717, 1.165) is 30.8 Å². The van der Waals surface area contributed by atoms with Gasteiger partial charge in [0.05, 0.1) is 6.61 Å².